The van der Waals surface area contributed by atoms with E-state index in [1.165, 1.54) is 5.56 Å². The number of hydrogen-bond donors (Lipinski definition) is 4. The first kappa shape index (κ1) is 41.7. The topological polar surface area (TPSA) is 156 Å². The van der Waals surface area contributed by atoms with Crippen molar-refractivity contribution in [3.05, 3.63) is 118 Å². The number of nitrogens with one attached hydrogen (secondary N) is 2. The number of phosphoric acid groups is 1. The largest absolute Gasteiger partial charge is 0.527 e. The van der Waals surface area contributed by atoms with E-state index < -0.39 is 37.3 Å². The molecule has 58 heavy (non-hydrogen) atoms. The minimum atomic E-state index is -4.68. The van der Waals surface area contributed by atoms with E-state index in [0.717, 1.165) is 60.2 Å². The number of aromatic nitrogens is 1. The quantitative estimate of drug-likeness (QED) is 0.0804. The second-order valence-electron chi connectivity index (χ2n) is 16.4. The van der Waals surface area contributed by atoms with Crippen molar-refractivity contribution in [1.29, 1.82) is 0 Å². The first-order valence-electron chi connectivity index (χ1n) is 20.3. The highest BCUT2D eigenvalue weighted by Gasteiger charge is 2.54. The van der Waals surface area contributed by atoms with Crippen molar-refractivity contribution < 1.29 is 37.9 Å². The van der Waals surface area contributed by atoms with Gasteiger partial charge in [0.2, 0.25) is 5.91 Å². The average Bonchev–Trinajstić information content (AvgIpc) is 3.48. The van der Waals surface area contributed by atoms with Crippen molar-refractivity contribution in [2.24, 2.45) is 11.8 Å². The smallest absolute Gasteiger partial charge is 0.493 e. The Hall–Kier alpha value is -4.41. The van der Waals surface area contributed by atoms with Crippen LogP contribution in [0.4, 0.5) is 5.69 Å². The lowest BCUT2D eigenvalue weighted by atomic mass is 9.59. The lowest BCUT2D eigenvalue weighted by Gasteiger charge is -2.47. The van der Waals surface area contributed by atoms with E-state index >= 15 is 0 Å². The van der Waals surface area contributed by atoms with E-state index in [9.17, 15) is 24.2 Å². The van der Waals surface area contributed by atoms with Gasteiger partial charge in [0.25, 0.3) is 0 Å². The third-order valence-corrected chi connectivity index (χ3v) is 13.6. The molecule has 308 valence electrons. The number of ether oxygens (including phenoxy) is 1. The molecule has 0 radical (unpaired) electrons. The van der Waals surface area contributed by atoms with Crippen molar-refractivity contribution in [3.63, 3.8) is 0 Å². The molecule has 7 rings (SSSR count). The van der Waals surface area contributed by atoms with Gasteiger partial charge in [0, 0.05) is 34.7 Å². The number of fused-ring (bicyclic) bond motifs is 3. The molecular weight excluding hydrogens is 777 g/mol. The molecule has 3 aromatic carbocycles. The monoisotopic (exact) mass is 829 g/mol. The average molecular weight is 830 g/mol. The Morgan fingerprint density at radius 1 is 1.03 bits per heavy atom. The van der Waals surface area contributed by atoms with E-state index in [0.29, 0.717) is 61.9 Å². The summed E-state index contributed by atoms with van der Waals surface area (Å²) in [6, 6.07) is 24.2. The molecular formula is C45H53ClN3O8P. The fraction of sp³-hybridized carbons (Fsp3) is 0.444. The molecule has 1 saturated carbocycles. The van der Waals surface area contributed by atoms with Crippen LogP contribution in [0.3, 0.4) is 0 Å². The number of amides is 1. The highest BCUT2D eigenvalue weighted by atomic mass is 35.5. The molecule has 0 aliphatic heterocycles. The van der Waals surface area contributed by atoms with Gasteiger partial charge >= 0.3 is 13.8 Å². The zero-order valence-electron chi connectivity index (χ0n) is 33.1. The van der Waals surface area contributed by atoms with Crippen LogP contribution in [0.25, 0.3) is 0 Å². The first-order valence-corrected chi connectivity index (χ1v) is 22.2. The van der Waals surface area contributed by atoms with Crippen molar-refractivity contribution in [2.75, 3.05) is 25.1 Å². The summed E-state index contributed by atoms with van der Waals surface area (Å²) >= 11 is 6.27. The zero-order chi connectivity index (χ0) is 40.9. The van der Waals surface area contributed by atoms with Crippen LogP contribution in [-0.4, -0.2) is 52.2 Å². The van der Waals surface area contributed by atoms with Crippen LogP contribution < -0.4 is 19.9 Å². The maximum Gasteiger partial charge on any atom is 0.527 e. The van der Waals surface area contributed by atoms with Gasteiger partial charge in [0.1, 0.15) is 23.6 Å². The number of rotatable bonds is 16. The Kier molecular flexibility index (Phi) is 12.8. The molecule has 4 atom stereocenters. The Morgan fingerprint density at radius 2 is 1.83 bits per heavy atom. The number of carboxylic acid groups (broad SMARTS) is 1. The van der Waals surface area contributed by atoms with Gasteiger partial charge < -0.3 is 25.0 Å². The van der Waals surface area contributed by atoms with Crippen LogP contribution in [0, 0.1) is 11.8 Å². The van der Waals surface area contributed by atoms with E-state index in [1.807, 2.05) is 60.8 Å². The summed E-state index contributed by atoms with van der Waals surface area (Å²) in [6.07, 6.45) is 9.08. The van der Waals surface area contributed by atoms with Crippen molar-refractivity contribution >= 4 is 37.0 Å². The third kappa shape index (κ3) is 9.55. The third-order valence-electron chi connectivity index (χ3n) is 12.4. The summed E-state index contributed by atoms with van der Waals surface area (Å²) in [4.78, 5) is 40.8. The van der Waals surface area contributed by atoms with Gasteiger partial charge in [0.05, 0.1) is 6.61 Å². The van der Waals surface area contributed by atoms with Gasteiger partial charge in [-0.2, -0.15) is 0 Å². The molecule has 1 amide bonds. The number of phosphoric ester groups is 1. The number of benzene rings is 3. The molecule has 4 aromatic rings. The summed E-state index contributed by atoms with van der Waals surface area (Å²) in [5.41, 5.74) is 4.49. The number of carboxylic acids is 1. The molecule has 13 heteroatoms. The Labute approximate surface area is 345 Å². The number of halogens is 1. The van der Waals surface area contributed by atoms with E-state index in [-0.39, 0.29) is 17.6 Å². The second-order valence-corrected chi connectivity index (χ2v) is 18.2. The van der Waals surface area contributed by atoms with Crippen molar-refractivity contribution in [3.8, 4) is 11.5 Å². The van der Waals surface area contributed by atoms with Crippen LogP contribution in [0.15, 0.2) is 85.1 Å². The van der Waals surface area contributed by atoms with E-state index in [2.05, 4.69) is 29.5 Å². The maximum absolute atomic E-state index is 13.1. The molecule has 4 N–H and O–H groups in total. The normalized spacial score (nSPS) is 23.9. The van der Waals surface area contributed by atoms with Crippen LogP contribution in [0.2, 0.25) is 5.02 Å². The molecule has 1 aromatic heterocycles. The summed E-state index contributed by atoms with van der Waals surface area (Å²) < 4.78 is 30.4. The number of anilines is 1. The lowest BCUT2D eigenvalue weighted by molar-refractivity contribution is -0.144. The lowest BCUT2D eigenvalue weighted by Crippen LogP contribution is -2.53. The number of hydrogen-bond acceptors (Lipinski definition) is 8. The van der Waals surface area contributed by atoms with Crippen LogP contribution in [0.5, 0.6) is 11.5 Å². The molecule has 1 heterocycles. The van der Waals surface area contributed by atoms with Gasteiger partial charge in [-0.25, -0.2) is 9.36 Å². The minimum Gasteiger partial charge on any atom is -0.493 e. The molecule has 2 unspecified atom stereocenters. The highest BCUT2D eigenvalue weighted by molar-refractivity contribution is 7.47. The number of nitrogens with zero attached hydrogens (tertiary/aromatic N) is 1. The minimum absolute atomic E-state index is 0.147. The van der Waals surface area contributed by atoms with Crippen molar-refractivity contribution in [1.82, 2.24) is 10.3 Å². The number of aliphatic carboxylic acids is 1. The highest BCUT2D eigenvalue weighted by Crippen LogP contribution is 2.57. The van der Waals surface area contributed by atoms with Gasteiger partial charge in [-0.05, 0) is 140 Å². The second kappa shape index (κ2) is 17.8. The number of aryl methyl sites for hydroxylation is 1. The SMILES string of the molecule is C[C@@H](COc1ccnc2c1[C@H](C)CCC2)CC1Cc2ccc(OP(=O)(O)OCC(=O)NCCc3ccccc3)cc2C12CCC(Nc1cccc(Cl)c1)(C(=O)O)CC2. The predicted octanol–water partition coefficient (Wildman–Crippen LogP) is 9.05. The first-order chi connectivity index (χ1) is 27.8. The molecule has 11 nitrogen and oxygen atoms in total. The van der Waals surface area contributed by atoms with Gasteiger partial charge in [-0.15, -0.1) is 0 Å². The zero-order valence-corrected chi connectivity index (χ0v) is 34.8. The Balaban J connectivity index is 1.07. The summed E-state index contributed by atoms with van der Waals surface area (Å²) in [6.45, 7) is 4.68. The predicted molar refractivity (Wildman–Crippen MR) is 224 cm³/mol. The molecule has 3 aliphatic rings. The summed E-state index contributed by atoms with van der Waals surface area (Å²) in [5, 5.41) is 17.2. The number of carbonyl (C=O) groups is 2. The Morgan fingerprint density at radius 3 is 2.59 bits per heavy atom. The van der Waals surface area contributed by atoms with Crippen LogP contribution >= 0.6 is 19.4 Å². The summed E-state index contributed by atoms with van der Waals surface area (Å²) in [7, 11) is -4.68. The summed E-state index contributed by atoms with van der Waals surface area (Å²) in [5.74, 6) is 0.322. The molecule has 0 saturated heterocycles. The molecule has 1 fully saturated rings. The Bertz CT molecular complexity index is 2140. The van der Waals surface area contributed by atoms with Gasteiger partial charge in [-0.1, -0.05) is 67.9 Å². The molecule has 3 aliphatic carbocycles. The van der Waals surface area contributed by atoms with Crippen LogP contribution in [-0.2, 0) is 43.4 Å². The standard InChI is InChI=1S/C45H53ClN3O8P/c1-30(28-55-40-17-23-47-39-13-6-8-31(2)42(39)40)24-34-25-33-14-15-37(57-58(53,54)56-29-41(50)48-22-16-32-9-4-3-5-10-32)27-38(33)44(34)18-20-45(21-19-44,43(51)52)49-36-12-7-11-35(46)26-36/h3-5,7,9-12,14-15,17,23,26-27,30-31,34,49H,6,8,13,16,18-22,24-25,28-29H2,1-2H3,(H,48,50)(H,51,52)(H,53,54)/t30-,31-,34?,44?,45?/m1/s1. The number of pyridine rings is 1. The van der Waals surface area contributed by atoms with E-state index in [4.69, 9.17) is 25.4 Å². The number of carbonyl (C=O) groups excluding carboxylic acids is 1. The fourth-order valence-corrected chi connectivity index (χ4v) is 10.4. The van der Waals surface area contributed by atoms with E-state index in [1.54, 1.807) is 24.3 Å². The fourth-order valence-electron chi connectivity index (χ4n) is 9.48. The molecule has 0 bridgehead atoms. The maximum atomic E-state index is 13.1. The van der Waals surface area contributed by atoms with Crippen LogP contribution in [0.1, 0.15) is 92.7 Å². The van der Waals surface area contributed by atoms with Crippen molar-refractivity contribution in [2.45, 2.75) is 94.9 Å². The molecule has 1 spiro atoms. The van der Waals surface area contributed by atoms with Gasteiger partial charge in [0.15, 0.2) is 0 Å². The van der Waals surface area contributed by atoms with Gasteiger partial charge in [-0.3, -0.25) is 19.2 Å².